The smallest absolute Gasteiger partial charge is 0.468 e. The van der Waals surface area contributed by atoms with Gasteiger partial charge in [0.1, 0.15) is 12.6 Å². The zero-order chi connectivity index (χ0) is 39.4. The van der Waals surface area contributed by atoms with Gasteiger partial charge in [0.2, 0.25) is 5.91 Å². The Bertz CT molecular complexity index is 1580. The second kappa shape index (κ2) is 25.6. The van der Waals surface area contributed by atoms with Crippen LogP contribution in [0.4, 0.5) is 13.2 Å². The summed E-state index contributed by atoms with van der Waals surface area (Å²) in [6, 6.07) is 14.9. The number of amides is 1. The van der Waals surface area contributed by atoms with Gasteiger partial charge in [-0.15, -0.1) is 0 Å². The minimum atomic E-state index is -4.00. The van der Waals surface area contributed by atoms with Crippen molar-refractivity contribution in [2.75, 3.05) is 60.4 Å². The average Bonchev–Trinajstić information content (AvgIpc) is 3.13. The molecule has 2 aromatic carbocycles. The van der Waals surface area contributed by atoms with Crippen LogP contribution >= 0.6 is 0 Å². The first-order chi connectivity index (χ1) is 24.7. The maximum atomic E-state index is 11.9. The Morgan fingerprint density at radius 1 is 1.02 bits per heavy atom. The number of hydrogen-bond donors (Lipinski definition) is 4. The zero-order valence-corrected chi connectivity index (χ0v) is 35.0. The van der Waals surface area contributed by atoms with Crippen LogP contribution in [0.3, 0.4) is 0 Å². The van der Waals surface area contributed by atoms with E-state index in [2.05, 4.69) is 88.8 Å². The van der Waals surface area contributed by atoms with Crippen LogP contribution in [-0.2, 0) is 16.1 Å². The van der Waals surface area contributed by atoms with Crippen LogP contribution in [0.25, 0.3) is 16.4 Å². The summed E-state index contributed by atoms with van der Waals surface area (Å²) in [5.41, 5.74) is 22.6. The molecule has 2 saturated heterocycles. The molecule has 0 aromatic heterocycles. The van der Waals surface area contributed by atoms with Gasteiger partial charge in [0.25, 0.3) is 0 Å². The van der Waals surface area contributed by atoms with Gasteiger partial charge < -0.3 is 42.1 Å². The van der Waals surface area contributed by atoms with Gasteiger partial charge in [-0.05, 0) is 80.2 Å². The molecule has 15 heteroatoms. The van der Waals surface area contributed by atoms with Crippen molar-refractivity contribution in [3.05, 3.63) is 88.4 Å². The molecule has 11 nitrogen and oxygen atoms in total. The molecule has 0 atom stereocenters. The van der Waals surface area contributed by atoms with Crippen LogP contribution in [0.2, 0.25) is 0 Å². The Labute approximate surface area is 355 Å². The fourth-order valence-electron chi connectivity index (χ4n) is 5.34. The Hall–Kier alpha value is -3.33. The van der Waals surface area contributed by atoms with Crippen LogP contribution in [0.1, 0.15) is 36.5 Å². The molecule has 2 heterocycles. The van der Waals surface area contributed by atoms with Crippen molar-refractivity contribution in [2.45, 2.75) is 45.5 Å². The normalized spacial score (nSPS) is 15.5. The molecule has 2 aliphatic heterocycles. The third-order valence-electron chi connectivity index (χ3n) is 8.09. The Morgan fingerprint density at radius 2 is 1.55 bits per heavy atom. The second-order valence-corrected chi connectivity index (χ2v) is 12.0. The first-order valence-electron chi connectivity index (χ1n) is 16.7. The molecular formula is C38H53F3KN9O2. The molecule has 1 amide bonds. The van der Waals surface area contributed by atoms with E-state index in [1.165, 1.54) is 18.7 Å². The summed E-state index contributed by atoms with van der Waals surface area (Å²) >= 11 is 0. The minimum Gasteiger partial charge on any atom is -0.468 e. The third kappa shape index (κ3) is 18.0. The number of allylic oxidation sites excluding steroid dienone is 1. The van der Waals surface area contributed by atoms with Crippen molar-refractivity contribution in [1.82, 2.24) is 14.7 Å². The number of aryl methyl sites for hydroxylation is 1. The number of likely N-dealkylation sites (tertiary alicyclic amines) is 1. The van der Waals surface area contributed by atoms with Gasteiger partial charge in [0.15, 0.2) is 0 Å². The van der Waals surface area contributed by atoms with Gasteiger partial charge in [-0.3, -0.25) is 15.1 Å². The number of nitrogens with zero attached hydrogens (tertiary/aromatic N) is 5. The molecule has 0 spiro atoms. The number of carbonyl (C=O) groups is 2. The molecule has 0 radical (unpaired) electrons. The predicted molar refractivity (Wildman–Crippen MR) is 205 cm³/mol. The van der Waals surface area contributed by atoms with Gasteiger partial charge >= 0.3 is 57.6 Å². The van der Waals surface area contributed by atoms with Crippen LogP contribution in [0, 0.1) is 24.2 Å². The van der Waals surface area contributed by atoms with Crippen LogP contribution in [0.5, 0.6) is 0 Å². The largest absolute Gasteiger partial charge is 1.00 e. The standard InChI is InChI=1S/C34H43N8O.C2H3F3.CH5N.CH2O.K/c1-5-31(43)42-16-14-29(15-17-42)39-34(38-3)32(33(36)37)30(35)13-12-27-22-28(9-6-24(27)2)26-10-7-25(8-11-26)23-41-20-18-40(4)19-21-41;1-2(3,4)5;2*1-2;/h5-11,22,29H,1,14-21,23H2,2-4H3,(H5-,35,36,37,38,39);1H3;2H2,1H3;1H2;/q-1;;;;+1. The van der Waals surface area contributed by atoms with Gasteiger partial charge in [0, 0.05) is 63.9 Å². The number of piperazine rings is 1. The van der Waals surface area contributed by atoms with E-state index < -0.39 is 6.18 Å². The fourth-order valence-corrected chi connectivity index (χ4v) is 5.34. The van der Waals surface area contributed by atoms with E-state index in [-0.39, 0.29) is 87.4 Å². The molecule has 0 unspecified atom stereocenters. The SMILES string of the molecule is C=CC(=O)N1CCC(N=C([N-]C)/C(C(=N)N)=C(\N)C#Cc2cc(-c3ccc(CN4CCN(C)CC4)cc3)ccc2C)CC1.C=O.CC(F)(F)F.CN.[K+]. The number of nitrogens with one attached hydrogen (secondary N) is 1. The molecule has 0 aliphatic carbocycles. The maximum absolute atomic E-state index is 11.9. The van der Waals surface area contributed by atoms with Crippen molar-refractivity contribution in [3.8, 4) is 23.0 Å². The van der Waals surface area contributed by atoms with Crippen molar-refractivity contribution >= 4 is 24.4 Å². The maximum Gasteiger partial charge on any atom is 1.00 e. The van der Waals surface area contributed by atoms with E-state index in [0.717, 1.165) is 55.0 Å². The number of rotatable bonds is 7. The number of halogens is 3. The molecule has 53 heavy (non-hydrogen) atoms. The van der Waals surface area contributed by atoms with Crippen LogP contribution in [-0.4, -0.2) is 112 Å². The van der Waals surface area contributed by atoms with E-state index in [1.807, 2.05) is 13.7 Å². The van der Waals surface area contributed by atoms with E-state index >= 15 is 0 Å². The van der Waals surface area contributed by atoms with Crippen molar-refractivity contribution < 1.29 is 74.1 Å². The molecule has 0 saturated carbocycles. The third-order valence-corrected chi connectivity index (χ3v) is 8.09. The molecular weight excluding hydrogens is 711 g/mol. The van der Waals surface area contributed by atoms with E-state index in [1.54, 1.807) is 11.9 Å². The zero-order valence-electron chi connectivity index (χ0n) is 31.9. The number of benzene rings is 2. The van der Waals surface area contributed by atoms with Gasteiger partial charge in [-0.2, -0.15) is 13.2 Å². The van der Waals surface area contributed by atoms with Gasteiger partial charge in [-0.25, -0.2) is 0 Å². The molecule has 284 valence electrons. The summed E-state index contributed by atoms with van der Waals surface area (Å²) in [7, 11) is 5.27. The molecule has 4 rings (SSSR count). The fraction of sp³-hybridized carbons (Fsp3) is 0.421. The number of aliphatic imine (C=N–C) groups is 1. The topological polar surface area (TPSA) is 172 Å². The van der Waals surface area contributed by atoms with Crippen LogP contribution < -0.4 is 68.6 Å². The Kier molecular flexibility index (Phi) is 24.0. The summed E-state index contributed by atoms with van der Waals surface area (Å²) in [5.74, 6) is 6.18. The molecule has 2 aliphatic rings. The van der Waals surface area contributed by atoms with E-state index in [9.17, 15) is 18.0 Å². The summed E-state index contributed by atoms with van der Waals surface area (Å²) in [6.07, 6.45) is -1.31. The van der Waals surface area contributed by atoms with Gasteiger partial charge in [-0.1, -0.05) is 61.8 Å². The molecule has 7 N–H and O–H groups in total. The van der Waals surface area contributed by atoms with Gasteiger partial charge in [0.05, 0.1) is 5.70 Å². The number of amidine groups is 2. The number of likely N-dealkylation sites (N-methyl/N-ethyl adjacent to an activating group) is 2. The minimum absolute atomic E-state index is 0. The number of nitrogens with two attached hydrogens (primary N) is 3. The number of alkyl halides is 3. The van der Waals surface area contributed by atoms with Crippen LogP contribution in [0.15, 0.2) is 71.4 Å². The van der Waals surface area contributed by atoms with Crippen molar-refractivity contribution in [1.29, 1.82) is 5.41 Å². The van der Waals surface area contributed by atoms with E-state index in [0.29, 0.717) is 31.8 Å². The number of hydrogen-bond acceptors (Lipinski definition) is 8. The molecule has 2 fully saturated rings. The summed E-state index contributed by atoms with van der Waals surface area (Å²) in [4.78, 5) is 31.3. The first-order valence-corrected chi connectivity index (χ1v) is 16.7. The first kappa shape index (κ1) is 49.7. The monoisotopic (exact) mass is 763 g/mol. The average molecular weight is 764 g/mol. The summed E-state index contributed by atoms with van der Waals surface area (Å²) in [6.45, 7) is 14.3. The Morgan fingerprint density at radius 3 is 2.04 bits per heavy atom. The summed E-state index contributed by atoms with van der Waals surface area (Å²) < 4.78 is 31.1. The number of carbonyl (C=O) groups excluding carboxylic acids is 2. The molecule has 2 aromatic rings. The van der Waals surface area contributed by atoms with Crippen molar-refractivity contribution in [2.24, 2.45) is 22.2 Å². The van der Waals surface area contributed by atoms with Crippen molar-refractivity contribution in [3.63, 3.8) is 0 Å². The quantitative estimate of drug-likeness (QED) is 0.109. The predicted octanol–water partition coefficient (Wildman–Crippen LogP) is 1.45. The summed E-state index contributed by atoms with van der Waals surface area (Å²) in [5, 5.41) is 12.5. The number of piperidine rings is 1. The van der Waals surface area contributed by atoms with E-state index in [4.69, 9.17) is 26.7 Å². The Balaban J connectivity index is 0.00000246. The second-order valence-electron chi connectivity index (χ2n) is 12.0. The molecule has 0 bridgehead atoms.